The molecule has 1 aliphatic heterocycles. The monoisotopic (exact) mass is 428 g/mol. The van der Waals surface area contributed by atoms with E-state index in [0.29, 0.717) is 32.0 Å². The molecule has 1 heterocycles. The number of carbonyl (C=O) groups excluding carboxylic acids is 1. The topological polar surface area (TPSA) is 75.7 Å². The second-order valence-electron chi connectivity index (χ2n) is 8.24. The Morgan fingerprint density at radius 3 is 2.17 bits per heavy atom. The number of nitrogens with zero attached hydrogens (tertiary/aromatic N) is 1. The van der Waals surface area contributed by atoms with Crippen LogP contribution in [0.5, 0.6) is 0 Å². The largest absolute Gasteiger partial charge is 0.379 e. The lowest BCUT2D eigenvalue weighted by molar-refractivity contribution is -0.111. The van der Waals surface area contributed by atoms with E-state index in [2.05, 4.69) is 38.2 Å². The van der Waals surface area contributed by atoms with E-state index in [1.165, 1.54) is 28.1 Å². The normalized spacial score (nSPS) is 16.0. The van der Waals surface area contributed by atoms with Crippen LogP contribution in [-0.2, 0) is 25.0 Å². The molecule has 0 atom stereocenters. The van der Waals surface area contributed by atoms with Gasteiger partial charge in [-0.3, -0.25) is 4.79 Å². The summed E-state index contributed by atoms with van der Waals surface area (Å²) < 4.78 is 31.9. The van der Waals surface area contributed by atoms with Gasteiger partial charge in [0, 0.05) is 24.9 Å². The predicted octanol–water partition coefficient (Wildman–Crippen LogP) is 3.66. The van der Waals surface area contributed by atoms with Gasteiger partial charge in [-0.25, -0.2) is 8.42 Å². The maximum absolute atomic E-state index is 12.6. The minimum absolute atomic E-state index is 0.0844. The van der Waals surface area contributed by atoms with Crippen LogP contribution in [0.2, 0.25) is 0 Å². The molecular formula is C23H28N2O4S. The number of rotatable bonds is 5. The molecule has 1 amide bonds. The second-order valence-corrected chi connectivity index (χ2v) is 10.2. The molecule has 30 heavy (non-hydrogen) atoms. The molecule has 1 fully saturated rings. The van der Waals surface area contributed by atoms with Crippen LogP contribution < -0.4 is 5.32 Å². The molecule has 0 spiro atoms. The number of nitrogens with one attached hydrogen (secondary N) is 1. The van der Waals surface area contributed by atoms with E-state index in [-0.39, 0.29) is 16.2 Å². The molecule has 0 aromatic heterocycles. The van der Waals surface area contributed by atoms with E-state index in [0.717, 1.165) is 5.56 Å². The molecule has 7 heteroatoms. The van der Waals surface area contributed by atoms with E-state index in [4.69, 9.17) is 4.74 Å². The summed E-state index contributed by atoms with van der Waals surface area (Å²) in [5, 5.41) is 2.75. The average molecular weight is 429 g/mol. The molecule has 0 aliphatic carbocycles. The third-order valence-electron chi connectivity index (χ3n) is 4.93. The number of morpholine rings is 1. The molecule has 0 saturated carbocycles. The standard InChI is InChI=1S/C23H28N2O4S/c1-23(2,3)19-7-4-18(5-8-19)6-13-22(26)24-20-9-11-21(12-10-20)30(27,28)25-14-16-29-17-15-25/h4-13H,14-17H2,1-3H3,(H,24,26)/b13-6+. The van der Waals surface area contributed by atoms with Gasteiger partial charge in [-0.05, 0) is 46.9 Å². The highest BCUT2D eigenvalue weighted by Gasteiger charge is 2.26. The molecular weight excluding hydrogens is 400 g/mol. The molecule has 2 aromatic rings. The lowest BCUT2D eigenvalue weighted by Gasteiger charge is -2.26. The SMILES string of the molecule is CC(C)(C)c1ccc(/C=C/C(=O)Nc2ccc(S(=O)(=O)N3CCOCC3)cc2)cc1. The molecule has 160 valence electrons. The summed E-state index contributed by atoms with van der Waals surface area (Å²) in [6.45, 7) is 7.97. The minimum atomic E-state index is -3.54. The molecule has 6 nitrogen and oxygen atoms in total. The summed E-state index contributed by atoms with van der Waals surface area (Å²) in [7, 11) is -3.54. The Morgan fingerprint density at radius 2 is 1.60 bits per heavy atom. The summed E-state index contributed by atoms with van der Waals surface area (Å²) in [5.74, 6) is -0.279. The molecule has 1 N–H and O–H groups in total. The van der Waals surface area contributed by atoms with Gasteiger partial charge in [-0.15, -0.1) is 0 Å². The second kappa shape index (κ2) is 9.12. The number of hydrogen-bond donors (Lipinski definition) is 1. The van der Waals surface area contributed by atoms with Gasteiger partial charge in [0.1, 0.15) is 0 Å². The first kappa shape index (κ1) is 22.2. The van der Waals surface area contributed by atoms with Crippen molar-refractivity contribution in [2.24, 2.45) is 0 Å². The van der Waals surface area contributed by atoms with E-state index >= 15 is 0 Å². The van der Waals surface area contributed by atoms with Crippen LogP contribution in [0.3, 0.4) is 0 Å². The Balaban J connectivity index is 1.61. The fourth-order valence-electron chi connectivity index (χ4n) is 3.10. The van der Waals surface area contributed by atoms with Crippen molar-refractivity contribution in [3.8, 4) is 0 Å². The van der Waals surface area contributed by atoms with Crippen molar-refractivity contribution < 1.29 is 17.9 Å². The highest BCUT2D eigenvalue weighted by atomic mass is 32.2. The van der Waals surface area contributed by atoms with Gasteiger partial charge < -0.3 is 10.1 Å². The first-order valence-electron chi connectivity index (χ1n) is 9.94. The van der Waals surface area contributed by atoms with Crippen molar-refractivity contribution in [1.82, 2.24) is 4.31 Å². The maximum Gasteiger partial charge on any atom is 0.248 e. The van der Waals surface area contributed by atoms with Crippen molar-refractivity contribution in [2.75, 3.05) is 31.6 Å². The van der Waals surface area contributed by atoms with Crippen molar-refractivity contribution in [3.63, 3.8) is 0 Å². The van der Waals surface area contributed by atoms with Crippen LogP contribution in [0.25, 0.3) is 6.08 Å². The van der Waals surface area contributed by atoms with Crippen LogP contribution in [0.15, 0.2) is 59.5 Å². The highest BCUT2D eigenvalue weighted by Crippen LogP contribution is 2.23. The first-order valence-corrected chi connectivity index (χ1v) is 11.4. The third kappa shape index (κ3) is 5.56. The van der Waals surface area contributed by atoms with E-state index < -0.39 is 10.0 Å². The number of anilines is 1. The zero-order chi connectivity index (χ0) is 21.8. The molecule has 0 radical (unpaired) electrons. The van der Waals surface area contributed by atoms with Gasteiger partial charge in [-0.1, -0.05) is 45.0 Å². The fourth-order valence-corrected chi connectivity index (χ4v) is 4.50. The van der Waals surface area contributed by atoms with Crippen LogP contribution in [-0.4, -0.2) is 44.9 Å². The Kier molecular flexibility index (Phi) is 6.75. The third-order valence-corrected chi connectivity index (χ3v) is 6.85. The number of ether oxygens (including phenoxy) is 1. The zero-order valence-electron chi connectivity index (χ0n) is 17.6. The van der Waals surface area contributed by atoms with Crippen molar-refractivity contribution in [1.29, 1.82) is 0 Å². The number of amides is 1. The number of benzene rings is 2. The summed E-state index contributed by atoms with van der Waals surface area (Å²) in [6.07, 6.45) is 3.21. The van der Waals surface area contributed by atoms with Crippen molar-refractivity contribution >= 4 is 27.7 Å². The molecule has 0 bridgehead atoms. The Labute approximate surface area is 178 Å². The first-order chi connectivity index (χ1) is 14.2. The highest BCUT2D eigenvalue weighted by molar-refractivity contribution is 7.89. The van der Waals surface area contributed by atoms with Gasteiger partial charge in [0.15, 0.2) is 0 Å². The quantitative estimate of drug-likeness (QED) is 0.738. The summed E-state index contributed by atoms with van der Waals surface area (Å²) >= 11 is 0. The Morgan fingerprint density at radius 1 is 1.00 bits per heavy atom. The van der Waals surface area contributed by atoms with Gasteiger partial charge >= 0.3 is 0 Å². The van der Waals surface area contributed by atoms with Crippen molar-refractivity contribution in [3.05, 3.63) is 65.7 Å². The van der Waals surface area contributed by atoms with E-state index in [1.54, 1.807) is 18.2 Å². The molecule has 1 aliphatic rings. The van der Waals surface area contributed by atoms with Crippen LogP contribution in [0.1, 0.15) is 31.9 Å². The van der Waals surface area contributed by atoms with Gasteiger partial charge in [0.05, 0.1) is 18.1 Å². The minimum Gasteiger partial charge on any atom is -0.379 e. The van der Waals surface area contributed by atoms with E-state index in [1.807, 2.05) is 12.1 Å². The Hall–Kier alpha value is -2.48. The molecule has 3 rings (SSSR count). The number of carbonyl (C=O) groups is 1. The lowest BCUT2D eigenvalue weighted by atomic mass is 9.87. The zero-order valence-corrected chi connectivity index (χ0v) is 18.4. The van der Waals surface area contributed by atoms with Crippen molar-refractivity contribution in [2.45, 2.75) is 31.1 Å². The van der Waals surface area contributed by atoms with Crippen LogP contribution >= 0.6 is 0 Å². The predicted molar refractivity (Wildman–Crippen MR) is 119 cm³/mol. The molecule has 1 saturated heterocycles. The van der Waals surface area contributed by atoms with Gasteiger partial charge in [-0.2, -0.15) is 4.31 Å². The molecule has 2 aromatic carbocycles. The lowest BCUT2D eigenvalue weighted by Crippen LogP contribution is -2.40. The fraction of sp³-hybridized carbons (Fsp3) is 0.348. The molecule has 0 unspecified atom stereocenters. The summed E-state index contributed by atoms with van der Waals surface area (Å²) in [5.41, 5.74) is 2.79. The number of hydrogen-bond acceptors (Lipinski definition) is 4. The maximum atomic E-state index is 12.6. The number of sulfonamides is 1. The van der Waals surface area contributed by atoms with Gasteiger partial charge in [0.25, 0.3) is 0 Å². The Bertz CT molecular complexity index is 999. The summed E-state index contributed by atoms with van der Waals surface area (Å²) in [6, 6.07) is 14.3. The van der Waals surface area contributed by atoms with Gasteiger partial charge in [0.2, 0.25) is 15.9 Å². The van der Waals surface area contributed by atoms with E-state index in [9.17, 15) is 13.2 Å². The van der Waals surface area contributed by atoms with Crippen LogP contribution in [0.4, 0.5) is 5.69 Å². The summed E-state index contributed by atoms with van der Waals surface area (Å²) in [4.78, 5) is 12.4. The van der Waals surface area contributed by atoms with Crippen LogP contribution in [0, 0.1) is 0 Å². The average Bonchev–Trinajstić information content (AvgIpc) is 2.73. The smallest absolute Gasteiger partial charge is 0.248 e.